The van der Waals surface area contributed by atoms with Gasteiger partial charge in [0.1, 0.15) is 11.8 Å². The Labute approximate surface area is 134 Å². The van der Waals surface area contributed by atoms with Gasteiger partial charge in [-0.15, -0.1) is 0 Å². The van der Waals surface area contributed by atoms with Crippen molar-refractivity contribution in [1.82, 2.24) is 4.31 Å². The van der Waals surface area contributed by atoms with Gasteiger partial charge in [-0.1, -0.05) is 0 Å². The van der Waals surface area contributed by atoms with Crippen LogP contribution in [0.3, 0.4) is 0 Å². The number of methoxy groups -OCH3 is 1. The molecule has 1 aromatic rings. The van der Waals surface area contributed by atoms with E-state index in [2.05, 4.69) is 0 Å². The van der Waals surface area contributed by atoms with Crippen LogP contribution in [0.2, 0.25) is 0 Å². The maximum atomic E-state index is 12.8. The molecular formula is C14H19NO5S2. The third-order valence-corrected chi connectivity index (χ3v) is 6.83. The quantitative estimate of drug-likeness (QED) is 0.835. The SMILES string of the molecule is COC(=O)C1N(S(=O)(=O)c2ccc(O)cc2)CCSC1(C)C. The number of carbonyl (C=O) groups excluding carboxylic acids is 1. The van der Waals surface area contributed by atoms with Gasteiger partial charge < -0.3 is 9.84 Å². The second kappa shape index (κ2) is 6.10. The normalized spacial score (nSPS) is 22.2. The summed E-state index contributed by atoms with van der Waals surface area (Å²) in [5.74, 6) is 0.00945. The van der Waals surface area contributed by atoms with E-state index >= 15 is 0 Å². The molecule has 2 rings (SSSR count). The third kappa shape index (κ3) is 3.09. The Hall–Kier alpha value is -1.25. The van der Waals surface area contributed by atoms with Gasteiger partial charge in [0, 0.05) is 17.0 Å². The summed E-state index contributed by atoms with van der Waals surface area (Å²) in [4.78, 5) is 12.2. The van der Waals surface area contributed by atoms with E-state index in [9.17, 15) is 18.3 Å². The fourth-order valence-corrected chi connectivity index (χ4v) is 5.57. The van der Waals surface area contributed by atoms with Crippen molar-refractivity contribution in [3.63, 3.8) is 0 Å². The van der Waals surface area contributed by atoms with Crippen LogP contribution in [0.15, 0.2) is 29.2 Å². The van der Waals surface area contributed by atoms with Crippen molar-refractivity contribution < 1.29 is 23.1 Å². The Morgan fingerprint density at radius 3 is 2.50 bits per heavy atom. The van der Waals surface area contributed by atoms with E-state index in [1.165, 1.54) is 35.7 Å². The second-order valence-corrected chi connectivity index (χ2v) is 9.13. The van der Waals surface area contributed by atoms with E-state index in [-0.39, 0.29) is 17.2 Å². The molecule has 0 aromatic heterocycles. The van der Waals surface area contributed by atoms with Crippen molar-refractivity contribution in [3.05, 3.63) is 24.3 Å². The molecule has 22 heavy (non-hydrogen) atoms. The van der Waals surface area contributed by atoms with Crippen LogP contribution in [0.1, 0.15) is 13.8 Å². The van der Waals surface area contributed by atoms with Crippen LogP contribution >= 0.6 is 11.8 Å². The molecule has 0 bridgehead atoms. The lowest BCUT2D eigenvalue weighted by atomic mass is 10.0. The van der Waals surface area contributed by atoms with Crippen LogP contribution in [-0.2, 0) is 19.6 Å². The number of benzene rings is 1. The molecule has 0 spiro atoms. The highest BCUT2D eigenvalue weighted by atomic mass is 32.2. The first-order chi connectivity index (χ1) is 10.2. The number of aromatic hydroxyl groups is 1. The summed E-state index contributed by atoms with van der Waals surface area (Å²) in [5.41, 5.74) is 0. The van der Waals surface area contributed by atoms with Crippen molar-refractivity contribution in [2.24, 2.45) is 0 Å². The fraction of sp³-hybridized carbons (Fsp3) is 0.500. The first-order valence-electron chi connectivity index (χ1n) is 6.73. The molecule has 0 radical (unpaired) electrons. The van der Waals surface area contributed by atoms with Crippen LogP contribution < -0.4 is 0 Å². The standard InChI is InChI=1S/C14H19NO5S2/c1-14(2)12(13(17)20-3)15(8-9-21-14)22(18,19)11-6-4-10(16)5-7-11/h4-7,12,16H,8-9H2,1-3H3. The molecule has 1 unspecified atom stereocenters. The number of thioether (sulfide) groups is 1. The van der Waals surface area contributed by atoms with E-state index in [1.807, 2.05) is 13.8 Å². The zero-order valence-corrected chi connectivity index (χ0v) is 14.3. The maximum Gasteiger partial charge on any atom is 0.325 e. The van der Waals surface area contributed by atoms with Gasteiger partial charge in [0.05, 0.1) is 12.0 Å². The summed E-state index contributed by atoms with van der Waals surface area (Å²) in [5, 5.41) is 9.31. The van der Waals surface area contributed by atoms with Gasteiger partial charge >= 0.3 is 5.97 Å². The minimum atomic E-state index is -3.85. The summed E-state index contributed by atoms with van der Waals surface area (Å²) >= 11 is 1.54. The molecule has 0 amide bonds. The molecule has 1 atom stereocenters. The Morgan fingerprint density at radius 1 is 1.36 bits per heavy atom. The van der Waals surface area contributed by atoms with E-state index < -0.39 is 26.8 Å². The molecule has 0 saturated carbocycles. The van der Waals surface area contributed by atoms with Gasteiger partial charge in [0.25, 0.3) is 0 Å². The van der Waals surface area contributed by atoms with E-state index in [4.69, 9.17) is 4.74 Å². The number of phenolic OH excluding ortho intramolecular Hbond substituents is 1. The molecule has 122 valence electrons. The number of hydrogen-bond acceptors (Lipinski definition) is 6. The summed E-state index contributed by atoms with van der Waals surface area (Å²) in [6.07, 6.45) is 0. The molecular weight excluding hydrogens is 326 g/mol. The third-order valence-electron chi connectivity index (χ3n) is 3.60. The number of nitrogens with zero attached hydrogens (tertiary/aromatic N) is 1. The molecule has 0 aliphatic carbocycles. The summed E-state index contributed by atoms with van der Waals surface area (Å²) in [6, 6.07) is 4.38. The van der Waals surface area contributed by atoms with Gasteiger partial charge in [-0.25, -0.2) is 8.42 Å². The fourth-order valence-electron chi connectivity index (χ4n) is 2.48. The number of esters is 1. The Morgan fingerprint density at radius 2 is 1.95 bits per heavy atom. The first kappa shape index (κ1) is 17.1. The van der Waals surface area contributed by atoms with Gasteiger partial charge in [-0.2, -0.15) is 16.1 Å². The molecule has 1 fully saturated rings. The largest absolute Gasteiger partial charge is 0.508 e. The minimum Gasteiger partial charge on any atom is -0.508 e. The van der Waals surface area contributed by atoms with Crippen LogP contribution in [0.25, 0.3) is 0 Å². The summed E-state index contributed by atoms with van der Waals surface area (Å²) in [6.45, 7) is 3.90. The molecule has 1 heterocycles. The van der Waals surface area contributed by atoms with Gasteiger partial charge in [-0.3, -0.25) is 4.79 Å². The summed E-state index contributed by atoms with van der Waals surface area (Å²) < 4.78 is 31.1. The monoisotopic (exact) mass is 345 g/mol. The number of phenols is 1. The van der Waals surface area contributed by atoms with Crippen LogP contribution in [0.5, 0.6) is 5.75 Å². The number of ether oxygens (including phenoxy) is 1. The average molecular weight is 345 g/mol. The Balaban J connectivity index is 2.47. The highest BCUT2D eigenvalue weighted by Gasteiger charge is 2.48. The van der Waals surface area contributed by atoms with Crippen molar-refractivity contribution >= 4 is 27.8 Å². The number of carbonyl (C=O) groups is 1. The van der Waals surface area contributed by atoms with Crippen LogP contribution in [-0.4, -0.2) is 54.0 Å². The predicted octanol–water partition coefficient (Wildman–Crippen LogP) is 1.45. The molecule has 1 saturated heterocycles. The highest BCUT2D eigenvalue weighted by molar-refractivity contribution is 8.00. The minimum absolute atomic E-state index is 0.0157. The zero-order chi connectivity index (χ0) is 16.5. The molecule has 1 N–H and O–H groups in total. The van der Waals surface area contributed by atoms with E-state index in [1.54, 1.807) is 11.8 Å². The highest BCUT2D eigenvalue weighted by Crippen LogP contribution is 2.38. The predicted molar refractivity (Wildman–Crippen MR) is 84.3 cm³/mol. The van der Waals surface area contributed by atoms with Gasteiger partial charge in [0.2, 0.25) is 10.0 Å². The lowest BCUT2D eigenvalue weighted by Crippen LogP contribution is -2.58. The topological polar surface area (TPSA) is 83.9 Å². The molecule has 1 aliphatic heterocycles. The van der Waals surface area contributed by atoms with E-state index in [0.29, 0.717) is 5.75 Å². The first-order valence-corrected chi connectivity index (χ1v) is 9.15. The number of rotatable bonds is 3. The van der Waals surface area contributed by atoms with Gasteiger partial charge in [0.15, 0.2) is 0 Å². The van der Waals surface area contributed by atoms with Crippen molar-refractivity contribution in [3.8, 4) is 5.75 Å². The molecule has 6 nitrogen and oxygen atoms in total. The number of sulfonamides is 1. The molecule has 1 aromatic carbocycles. The average Bonchev–Trinajstić information content (AvgIpc) is 2.45. The van der Waals surface area contributed by atoms with Crippen LogP contribution in [0, 0.1) is 0 Å². The maximum absolute atomic E-state index is 12.8. The summed E-state index contributed by atoms with van der Waals surface area (Å²) in [7, 11) is -2.59. The molecule has 8 heteroatoms. The number of hydrogen-bond donors (Lipinski definition) is 1. The van der Waals surface area contributed by atoms with Crippen molar-refractivity contribution in [2.75, 3.05) is 19.4 Å². The Bertz CT molecular complexity index is 654. The van der Waals surface area contributed by atoms with E-state index in [0.717, 1.165) is 0 Å². The van der Waals surface area contributed by atoms with Crippen molar-refractivity contribution in [2.45, 2.75) is 29.5 Å². The van der Waals surface area contributed by atoms with Gasteiger partial charge in [-0.05, 0) is 38.1 Å². The second-order valence-electron chi connectivity index (χ2n) is 5.49. The smallest absolute Gasteiger partial charge is 0.325 e. The Kier molecular flexibility index (Phi) is 4.74. The zero-order valence-electron chi connectivity index (χ0n) is 12.6. The van der Waals surface area contributed by atoms with Crippen LogP contribution in [0.4, 0.5) is 0 Å². The van der Waals surface area contributed by atoms with Crippen molar-refractivity contribution in [1.29, 1.82) is 0 Å². The molecule has 1 aliphatic rings. The lowest BCUT2D eigenvalue weighted by molar-refractivity contribution is -0.146. The lowest BCUT2D eigenvalue weighted by Gasteiger charge is -2.42.